The second-order valence-electron chi connectivity index (χ2n) is 5.48. The van der Waals surface area contributed by atoms with Crippen molar-refractivity contribution in [3.05, 3.63) is 24.3 Å². The highest BCUT2D eigenvalue weighted by molar-refractivity contribution is 6.63. The van der Waals surface area contributed by atoms with E-state index in [2.05, 4.69) is 27.9 Å². The Kier molecular flexibility index (Phi) is 12.2. The molecule has 0 unspecified atom stereocenters. The van der Waals surface area contributed by atoms with E-state index in [0.29, 0.717) is 12.8 Å². The van der Waals surface area contributed by atoms with Crippen LogP contribution >= 0.6 is 0 Å². The van der Waals surface area contributed by atoms with Gasteiger partial charge in [-0.3, -0.25) is 9.59 Å². The average molecular weight is 364 g/mol. The van der Waals surface area contributed by atoms with Crippen LogP contribution < -0.4 is 15.9 Å². The molecule has 0 heterocycles. The first-order chi connectivity index (χ1) is 12.3. The molecule has 0 saturated heterocycles. The third kappa shape index (κ3) is 8.37. The lowest BCUT2D eigenvalue weighted by molar-refractivity contribution is -0.158. The molecule has 1 aromatic rings. The Morgan fingerprint density at radius 3 is 1.77 bits per heavy atom. The van der Waals surface area contributed by atoms with Crippen molar-refractivity contribution in [2.45, 2.75) is 12.8 Å². The molecule has 0 spiro atoms. The first-order valence-corrected chi connectivity index (χ1v) is 8.01. The standard InChI is InChI=1S/C8H12O4.C7H10BNO2.CH4BN/c1-11-7(9)5-3-6(4-5)8(10)12-2;1-9-8(11)6-2-4-7(10)5-3-6;1-3-2/h5-6H,3-4H2,1-2H3;2-5,9-11H,1H3;3H,1H3. The summed E-state index contributed by atoms with van der Waals surface area (Å²) in [4.78, 5) is 21.8. The summed E-state index contributed by atoms with van der Waals surface area (Å²) in [7, 11) is 9.97. The van der Waals surface area contributed by atoms with Crippen LogP contribution in [0, 0.1) is 11.8 Å². The zero-order valence-electron chi connectivity index (χ0n) is 15.6. The number of esters is 2. The van der Waals surface area contributed by atoms with Crippen molar-refractivity contribution in [2.75, 3.05) is 28.3 Å². The van der Waals surface area contributed by atoms with Gasteiger partial charge in [0.05, 0.1) is 26.1 Å². The minimum atomic E-state index is -0.657. The van der Waals surface area contributed by atoms with E-state index < -0.39 is 7.05 Å². The van der Waals surface area contributed by atoms with E-state index in [9.17, 15) is 14.6 Å². The number of hydrogen-bond donors (Lipinski definition) is 4. The molecule has 0 aliphatic heterocycles. The Bertz CT molecular complexity index is 518. The van der Waals surface area contributed by atoms with Gasteiger partial charge in [-0.25, -0.2) is 0 Å². The van der Waals surface area contributed by atoms with Crippen molar-refractivity contribution < 1.29 is 29.2 Å². The molecule has 4 N–H and O–H groups in total. The number of benzene rings is 1. The van der Waals surface area contributed by atoms with E-state index >= 15 is 0 Å². The van der Waals surface area contributed by atoms with Crippen molar-refractivity contribution in [3.8, 4) is 5.75 Å². The largest absolute Gasteiger partial charge is 0.508 e. The topological polar surface area (TPSA) is 117 Å². The third-order valence-electron chi connectivity index (χ3n) is 3.69. The highest BCUT2D eigenvalue weighted by Gasteiger charge is 2.40. The van der Waals surface area contributed by atoms with E-state index in [4.69, 9.17) is 5.11 Å². The van der Waals surface area contributed by atoms with Gasteiger partial charge in [0, 0.05) is 0 Å². The third-order valence-corrected chi connectivity index (χ3v) is 3.69. The molecule has 1 aromatic carbocycles. The van der Waals surface area contributed by atoms with Crippen LogP contribution in [-0.4, -0.2) is 65.4 Å². The van der Waals surface area contributed by atoms with E-state index in [0.717, 1.165) is 5.46 Å². The van der Waals surface area contributed by atoms with Gasteiger partial charge in [-0.15, -0.1) is 0 Å². The monoisotopic (exact) mass is 364 g/mol. The van der Waals surface area contributed by atoms with E-state index in [-0.39, 0.29) is 29.5 Å². The van der Waals surface area contributed by atoms with Crippen molar-refractivity contribution >= 4 is 32.4 Å². The van der Waals surface area contributed by atoms with Crippen molar-refractivity contribution in [1.29, 1.82) is 0 Å². The fraction of sp³-hybridized carbons (Fsp3) is 0.500. The molecule has 1 saturated carbocycles. The lowest BCUT2D eigenvalue weighted by atomic mass is 9.75. The number of nitrogens with one attached hydrogen (secondary N) is 2. The molecule has 8 nitrogen and oxygen atoms in total. The summed E-state index contributed by atoms with van der Waals surface area (Å²) in [5, 5.41) is 23.1. The molecule has 142 valence electrons. The maximum atomic E-state index is 10.9. The van der Waals surface area contributed by atoms with E-state index in [1.54, 1.807) is 26.2 Å². The van der Waals surface area contributed by atoms with Crippen LogP contribution in [0.2, 0.25) is 0 Å². The average Bonchev–Trinajstić information content (AvgIpc) is 2.61. The number of methoxy groups -OCH3 is 2. The molecule has 1 aliphatic carbocycles. The second kappa shape index (κ2) is 13.2. The number of phenols is 1. The number of carbonyl (C=O) groups excluding carboxylic acids is 2. The van der Waals surface area contributed by atoms with Gasteiger partial charge in [-0.05, 0) is 44.5 Å². The molecular formula is C16H26B2N2O6. The number of carbonyl (C=O) groups is 2. The second-order valence-corrected chi connectivity index (χ2v) is 5.48. The van der Waals surface area contributed by atoms with Gasteiger partial charge in [0.15, 0.2) is 7.98 Å². The molecular weight excluding hydrogens is 338 g/mol. The highest BCUT2D eigenvalue weighted by Crippen LogP contribution is 2.35. The van der Waals surface area contributed by atoms with Crippen LogP contribution in [0.25, 0.3) is 0 Å². The fourth-order valence-corrected chi connectivity index (χ4v) is 2.16. The first kappa shape index (κ1) is 24.0. The number of ether oxygens (including phenoxy) is 2. The molecule has 0 aromatic heterocycles. The lowest BCUT2D eigenvalue weighted by Crippen LogP contribution is -2.42. The maximum Gasteiger partial charge on any atom is 0.412 e. The minimum absolute atomic E-state index is 0.0981. The zero-order chi connectivity index (χ0) is 20.1. The van der Waals surface area contributed by atoms with Crippen LogP contribution in [0.15, 0.2) is 24.3 Å². The summed E-state index contributed by atoms with van der Waals surface area (Å²) in [5.74, 6) is -0.444. The summed E-state index contributed by atoms with van der Waals surface area (Å²) in [5.41, 5.74) is 0.741. The Hall–Kier alpha value is -2.03. The summed E-state index contributed by atoms with van der Waals surface area (Å²) in [6.07, 6.45) is 1.14. The smallest absolute Gasteiger partial charge is 0.412 e. The number of rotatable bonds is 4. The summed E-state index contributed by atoms with van der Waals surface area (Å²) in [6, 6.07) is 6.40. The molecule has 10 heteroatoms. The fourth-order valence-electron chi connectivity index (χ4n) is 2.16. The molecule has 26 heavy (non-hydrogen) atoms. The van der Waals surface area contributed by atoms with Crippen LogP contribution in [-0.2, 0) is 19.1 Å². The molecule has 0 atom stereocenters. The molecule has 2 radical (unpaired) electrons. The van der Waals surface area contributed by atoms with Gasteiger partial charge in [0.1, 0.15) is 5.75 Å². The summed E-state index contributed by atoms with van der Waals surface area (Å²) >= 11 is 0. The van der Waals surface area contributed by atoms with Crippen LogP contribution in [0.1, 0.15) is 12.8 Å². The highest BCUT2D eigenvalue weighted by atomic mass is 16.5. The lowest BCUT2D eigenvalue weighted by Gasteiger charge is -2.30. The maximum absolute atomic E-state index is 10.9. The quantitative estimate of drug-likeness (QED) is 0.395. The predicted molar refractivity (Wildman–Crippen MR) is 99.8 cm³/mol. The van der Waals surface area contributed by atoms with Gasteiger partial charge >= 0.3 is 19.0 Å². The van der Waals surface area contributed by atoms with Crippen molar-refractivity contribution in [3.63, 3.8) is 0 Å². The van der Waals surface area contributed by atoms with Crippen LogP contribution in [0.5, 0.6) is 5.75 Å². The first-order valence-electron chi connectivity index (χ1n) is 8.01. The van der Waals surface area contributed by atoms with Gasteiger partial charge in [0.25, 0.3) is 0 Å². The SMILES string of the molecule is CNB(O)c1ccc(O)cc1.COC(=O)C1CC(C(=O)OC)C1.[B]NC. The number of hydrogen-bond acceptors (Lipinski definition) is 8. The Morgan fingerprint density at radius 1 is 1.08 bits per heavy atom. The zero-order valence-corrected chi connectivity index (χ0v) is 15.6. The minimum Gasteiger partial charge on any atom is -0.508 e. The summed E-state index contributed by atoms with van der Waals surface area (Å²) in [6.45, 7) is 0. The van der Waals surface area contributed by atoms with Crippen molar-refractivity contribution in [1.82, 2.24) is 10.5 Å². The molecule has 1 aliphatic rings. The molecule has 0 bridgehead atoms. The number of phenolic OH excluding ortho intramolecular Hbond substituents is 1. The van der Waals surface area contributed by atoms with Crippen LogP contribution in [0.4, 0.5) is 0 Å². The van der Waals surface area contributed by atoms with E-state index in [1.165, 1.54) is 26.4 Å². The van der Waals surface area contributed by atoms with Crippen LogP contribution in [0.3, 0.4) is 0 Å². The Labute approximate surface area is 155 Å². The Morgan fingerprint density at radius 2 is 1.46 bits per heavy atom. The predicted octanol–water partition coefficient (Wildman–Crippen LogP) is -1.05. The number of aromatic hydroxyl groups is 1. The van der Waals surface area contributed by atoms with Gasteiger partial charge in [-0.1, -0.05) is 12.1 Å². The molecule has 1 fully saturated rings. The molecule has 0 amide bonds. The van der Waals surface area contributed by atoms with E-state index in [1.807, 2.05) is 0 Å². The van der Waals surface area contributed by atoms with Crippen molar-refractivity contribution in [2.24, 2.45) is 11.8 Å². The molecule has 2 rings (SSSR count). The Balaban J connectivity index is 0.000000419. The van der Waals surface area contributed by atoms with Gasteiger partial charge < -0.3 is 30.1 Å². The normalized spacial score (nSPS) is 17.3. The van der Waals surface area contributed by atoms with Gasteiger partial charge in [-0.2, -0.15) is 0 Å². The summed E-state index contributed by atoms with van der Waals surface area (Å²) < 4.78 is 9.05. The van der Waals surface area contributed by atoms with Gasteiger partial charge in [0.2, 0.25) is 0 Å².